The number of nitrogens with zero attached hydrogens (tertiary/aromatic N) is 1. The van der Waals surface area contributed by atoms with E-state index in [1.807, 2.05) is 0 Å². The van der Waals surface area contributed by atoms with Gasteiger partial charge in [0.1, 0.15) is 0 Å². The van der Waals surface area contributed by atoms with Gasteiger partial charge in [0.25, 0.3) is 0 Å². The molecule has 0 aromatic carbocycles. The predicted octanol–water partition coefficient (Wildman–Crippen LogP) is 1.10. The van der Waals surface area contributed by atoms with Crippen LogP contribution in [0.25, 0.3) is 0 Å². The summed E-state index contributed by atoms with van der Waals surface area (Å²) in [5, 5.41) is 3.40. The second-order valence-electron chi connectivity index (χ2n) is 5.39. The Bertz CT molecular complexity index is 196. The van der Waals surface area contributed by atoms with Crippen LogP contribution in [-0.4, -0.2) is 50.3 Å². The maximum absolute atomic E-state index is 5.77. The molecular weight excluding hydrogens is 188 g/mol. The lowest BCUT2D eigenvalue weighted by molar-refractivity contribution is 0.0296. The third kappa shape index (κ3) is 3.44. The fraction of sp³-hybridized carbons (Fsp3) is 1.00. The number of hydrogen-bond acceptors (Lipinski definition) is 3. The van der Waals surface area contributed by atoms with E-state index in [1.165, 1.54) is 32.5 Å². The topological polar surface area (TPSA) is 24.5 Å². The zero-order valence-electron chi connectivity index (χ0n) is 10.1. The minimum Gasteiger partial charge on any atom is -0.378 e. The monoisotopic (exact) mass is 212 g/mol. The van der Waals surface area contributed by atoms with Crippen molar-refractivity contribution in [3.63, 3.8) is 0 Å². The normalized spacial score (nSPS) is 25.8. The molecule has 1 saturated carbocycles. The largest absolute Gasteiger partial charge is 0.378 e. The number of rotatable bonds is 5. The quantitative estimate of drug-likeness (QED) is 0.738. The molecule has 1 N–H and O–H groups in total. The summed E-state index contributed by atoms with van der Waals surface area (Å²) < 4.78 is 5.77. The van der Waals surface area contributed by atoms with Crippen molar-refractivity contribution in [3.8, 4) is 0 Å². The van der Waals surface area contributed by atoms with E-state index in [0.717, 1.165) is 19.7 Å². The van der Waals surface area contributed by atoms with Crippen LogP contribution in [0.3, 0.4) is 0 Å². The highest BCUT2D eigenvalue weighted by Gasteiger charge is 2.44. The van der Waals surface area contributed by atoms with Gasteiger partial charge in [-0.25, -0.2) is 0 Å². The highest BCUT2D eigenvalue weighted by molar-refractivity contribution is 4.96. The van der Waals surface area contributed by atoms with Crippen molar-refractivity contribution in [1.82, 2.24) is 10.2 Å². The molecule has 3 heteroatoms. The first kappa shape index (κ1) is 11.4. The van der Waals surface area contributed by atoms with E-state index < -0.39 is 0 Å². The summed E-state index contributed by atoms with van der Waals surface area (Å²) in [5.74, 6) is 0. The molecule has 0 spiro atoms. The first-order chi connectivity index (χ1) is 7.20. The second kappa shape index (κ2) is 4.81. The van der Waals surface area contributed by atoms with E-state index in [2.05, 4.69) is 24.1 Å². The molecule has 88 valence electrons. The standard InChI is InChI=1S/C12H24N2O/c1-11(2)15-10-12(3-4-12)9-14-7-5-13-6-8-14/h11,13H,3-10H2,1-2H3. The average Bonchev–Trinajstić information content (AvgIpc) is 2.97. The van der Waals surface area contributed by atoms with Gasteiger partial charge in [0.2, 0.25) is 0 Å². The Kier molecular flexibility index (Phi) is 3.65. The van der Waals surface area contributed by atoms with Crippen molar-refractivity contribution >= 4 is 0 Å². The molecule has 2 rings (SSSR count). The van der Waals surface area contributed by atoms with Gasteiger partial charge in [-0.15, -0.1) is 0 Å². The van der Waals surface area contributed by atoms with Crippen molar-refractivity contribution < 1.29 is 4.74 Å². The van der Waals surface area contributed by atoms with E-state index in [0.29, 0.717) is 11.5 Å². The average molecular weight is 212 g/mol. The molecule has 0 atom stereocenters. The number of piperazine rings is 1. The van der Waals surface area contributed by atoms with Gasteiger partial charge in [-0.2, -0.15) is 0 Å². The summed E-state index contributed by atoms with van der Waals surface area (Å²) >= 11 is 0. The van der Waals surface area contributed by atoms with E-state index in [9.17, 15) is 0 Å². The fourth-order valence-electron chi connectivity index (χ4n) is 2.21. The second-order valence-corrected chi connectivity index (χ2v) is 5.39. The van der Waals surface area contributed by atoms with Gasteiger partial charge in [0.15, 0.2) is 0 Å². The molecule has 1 saturated heterocycles. The molecule has 0 radical (unpaired) electrons. The Hall–Kier alpha value is -0.120. The molecule has 2 aliphatic rings. The smallest absolute Gasteiger partial charge is 0.0538 e. The summed E-state index contributed by atoms with van der Waals surface area (Å²) in [4.78, 5) is 2.59. The van der Waals surface area contributed by atoms with Gasteiger partial charge in [0, 0.05) is 38.1 Å². The molecule has 1 aliphatic heterocycles. The van der Waals surface area contributed by atoms with Crippen molar-refractivity contribution in [2.75, 3.05) is 39.3 Å². The third-order valence-corrected chi connectivity index (χ3v) is 3.45. The Labute approximate surface area is 93.2 Å². The fourth-order valence-corrected chi connectivity index (χ4v) is 2.21. The summed E-state index contributed by atoms with van der Waals surface area (Å²) in [6, 6.07) is 0. The van der Waals surface area contributed by atoms with Gasteiger partial charge in [-0.3, -0.25) is 0 Å². The van der Waals surface area contributed by atoms with Crippen LogP contribution in [0.15, 0.2) is 0 Å². The number of ether oxygens (including phenoxy) is 1. The van der Waals surface area contributed by atoms with Crippen LogP contribution >= 0.6 is 0 Å². The highest BCUT2D eigenvalue weighted by atomic mass is 16.5. The van der Waals surface area contributed by atoms with Crippen molar-refractivity contribution in [2.24, 2.45) is 5.41 Å². The van der Waals surface area contributed by atoms with Crippen LogP contribution in [0, 0.1) is 5.41 Å². The summed E-state index contributed by atoms with van der Waals surface area (Å²) in [5.41, 5.74) is 0.515. The third-order valence-electron chi connectivity index (χ3n) is 3.45. The van der Waals surface area contributed by atoms with Crippen molar-refractivity contribution in [1.29, 1.82) is 0 Å². The van der Waals surface area contributed by atoms with Crippen LogP contribution < -0.4 is 5.32 Å². The van der Waals surface area contributed by atoms with Crippen LogP contribution in [-0.2, 0) is 4.74 Å². The maximum Gasteiger partial charge on any atom is 0.0538 e. The molecule has 0 aromatic rings. The number of nitrogens with one attached hydrogen (secondary N) is 1. The minimum absolute atomic E-state index is 0.380. The van der Waals surface area contributed by atoms with E-state index in [-0.39, 0.29) is 0 Å². The van der Waals surface area contributed by atoms with Gasteiger partial charge in [0.05, 0.1) is 12.7 Å². The lowest BCUT2D eigenvalue weighted by Crippen LogP contribution is -2.46. The molecule has 1 heterocycles. The zero-order chi connectivity index (χ0) is 10.7. The van der Waals surface area contributed by atoms with Crippen molar-refractivity contribution in [3.05, 3.63) is 0 Å². The van der Waals surface area contributed by atoms with Gasteiger partial charge in [-0.1, -0.05) is 0 Å². The molecule has 1 aliphatic carbocycles. The Balaban J connectivity index is 1.72. The first-order valence-corrected chi connectivity index (χ1v) is 6.25. The molecule has 15 heavy (non-hydrogen) atoms. The lowest BCUT2D eigenvalue weighted by Gasteiger charge is -2.31. The molecule has 0 aromatic heterocycles. The summed E-state index contributed by atoms with van der Waals surface area (Å²) in [7, 11) is 0. The first-order valence-electron chi connectivity index (χ1n) is 6.25. The van der Waals surface area contributed by atoms with Gasteiger partial charge >= 0.3 is 0 Å². The molecule has 2 fully saturated rings. The Morgan fingerprint density at radius 2 is 1.93 bits per heavy atom. The van der Waals surface area contributed by atoms with Crippen LogP contribution in [0.4, 0.5) is 0 Å². The highest BCUT2D eigenvalue weighted by Crippen LogP contribution is 2.46. The summed E-state index contributed by atoms with van der Waals surface area (Å²) in [6.45, 7) is 11.2. The SMILES string of the molecule is CC(C)OCC1(CN2CCNCC2)CC1. The summed E-state index contributed by atoms with van der Waals surface area (Å²) in [6.07, 6.45) is 3.11. The lowest BCUT2D eigenvalue weighted by atomic mass is 10.1. The van der Waals surface area contributed by atoms with E-state index in [4.69, 9.17) is 4.74 Å². The molecule has 0 amide bonds. The van der Waals surface area contributed by atoms with E-state index >= 15 is 0 Å². The predicted molar refractivity (Wildman–Crippen MR) is 62.1 cm³/mol. The van der Waals surface area contributed by atoms with Crippen LogP contribution in [0.5, 0.6) is 0 Å². The van der Waals surface area contributed by atoms with Crippen molar-refractivity contribution in [2.45, 2.75) is 32.8 Å². The van der Waals surface area contributed by atoms with Gasteiger partial charge in [-0.05, 0) is 26.7 Å². The zero-order valence-corrected chi connectivity index (χ0v) is 10.1. The van der Waals surface area contributed by atoms with Gasteiger partial charge < -0.3 is 15.0 Å². The maximum atomic E-state index is 5.77. The molecule has 0 unspecified atom stereocenters. The molecule has 3 nitrogen and oxygen atoms in total. The number of hydrogen-bond donors (Lipinski definition) is 1. The van der Waals surface area contributed by atoms with Crippen LogP contribution in [0.2, 0.25) is 0 Å². The van der Waals surface area contributed by atoms with Crippen LogP contribution in [0.1, 0.15) is 26.7 Å². The Morgan fingerprint density at radius 1 is 1.27 bits per heavy atom. The molecular formula is C12H24N2O. The Morgan fingerprint density at radius 3 is 2.47 bits per heavy atom. The van der Waals surface area contributed by atoms with E-state index in [1.54, 1.807) is 0 Å². The minimum atomic E-state index is 0.380. The molecule has 0 bridgehead atoms.